The Hall–Kier alpha value is -0.930. The van der Waals surface area contributed by atoms with E-state index in [0.29, 0.717) is 12.1 Å². The van der Waals surface area contributed by atoms with Crippen LogP contribution >= 0.6 is 0 Å². The van der Waals surface area contributed by atoms with Crippen molar-refractivity contribution in [1.82, 2.24) is 5.48 Å². The van der Waals surface area contributed by atoms with Crippen molar-refractivity contribution in [3.8, 4) is 0 Å². The zero-order valence-corrected chi connectivity index (χ0v) is 7.23. The summed E-state index contributed by atoms with van der Waals surface area (Å²) in [6, 6.07) is 4.98. The van der Waals surface area contributed by atoms with Gasteiger partial charge < -0.3 is 4.84 Å². The Morgan fingerprint density at radius 2 is 2.25 bits per heavy atom. The molecule has 0 saturated heterocycles. The molecule has 0 fully saturated rings. The first-order chi connectivity index (χ1) is 5.74. The molecule has 0 atom stereocenters. The number of hydrogen-bond donors (Lipinski definition) is 1. The van der Waals surface area contributed by atoms with E-state index in [9.17, 15) is 4.39 Å². The molecule has 0 spiro atoms. The van der Waals surface area contributed by atoms with Crippen molar-refractivity contribution in [3.05, 3.63) is 35.1 Å². The van der Waals surface area contributed by atoms with Crippen LogP contribution in [-0.4, -0.2) is 7.11 Å². The molecule has 3 heteroatoms. The first-order valence-corrected chi connectivity index (χ1v) is 3.75. The van der Waals surface area contributed by atoms with Gasteiger partial charge in [0.1, 0.15) is 5.82 Å². The van der Waals surface area contributed by atoms with Gasteiger partial charge in [-0.1, -0.05) is 12.1 Å². The maximum atomic E-state index is 12.8. The number of aryl methyl sites for hydroxylation is 1. The molecule has 2 nitrogen and oxygen atoms in total. The molecular weight excluding hydrogens is 157 g/mol. The largest absolute Gasteiger partial charge is 0.305 e. The molecule has 0 aliphatic rings. The van der Waals surface area contributed by atoms with Gasteiger partial charge in [0.05, 0.1) is 7.11 Å². The third-order valence-electron chi connectivity index (χ3n) is 1.64. The second-order valence-corrected chi connectivity index (χ2v) is 2.61. The third-order valence-corrected chi connectivity index (χ3v) is 1.64. The average molecular weight is 169 g/mol. The number of benzene rings is 1. The molecule has 0 aliphatic carbocycles. The molecule has 0 amide bonds. The normalized spacial score (nSPS) is 10.2. The van der Waals surface area contributed by atoms with Gasteiger partial charge in [-0.3, -0.25) is 0 Å². The molecule has 0 unspecified atom stereocenters. The van der Waals surface area contributed by atoms with E-state index >= 15 is 0 Å². The highest BCUT2D eigenvalue weighted by atomic mass is 19.1. The summed E-state index contributed by atoms with van der Waals surface area (Å²) >= 11 is 0. The topological polar surface area (TPSA) is 21.3 Å². The van der Waals surface area contributed by atoms with Crippen LogP contribution < -0.4 is 5.48 Å². The first-order valence-electron chi connectivity index (χ1n) is 3.75. The van der Waals surface area contributed by atoms with Gasteiger partial charge in [0.15, 0.2) is 0 Å². The van der Waals surface area contributed by atoms with Crippen LogP contribution in [0.4, 0.5) is 4.39 Å². The van der Waals surface area contributed by atoms with E-state index < -0.39 is 0 Å². The lowest BCUT2D eigenvalue weighted by molar-refractivity contribution is 0.0867. The highest BCUT2D eigenvalue weighted by Gasteiger charge is 1.97. The minimum absolute atomic E-state index is 0.170. The van der Waals surface area contributed by atoms with Crippen LogP contribution in [0.25, 0.3) is 0 Å². The molecule has 12 heavy (non-hydrogen) atoms. The second-order valence-electron chi connectivity index (χ2n) is 2.61. The van der Waals surface area contributed by atoms with Gasteiger partial charge in [0.25, 0.3) is 0 Å². The van der Waals surface area contributed by atoms with Crippen molar-refractivity contribution in [2.75, 3.05) is 7.11 Å². The van der Waals surface area contributed by atoms with Crippen LogP contribution in [0, 0.1) is 12.7 Å². The van der Waals surface area contributed by atoms with Crippen LogP contribution in [0.2, 0.25) is 0 Å². The van der Waals surface area contributed by atoms with Gasteiger partial charge in [-0.15, -0.1) is 0 Å². The molecule has 0 heterocycles. The lowest BCUT2D eigenvalue weighted by Crippen LogP contribution is -2.10. The molecule has 1 N–H and O–H groups in total. The lowest BCUT2D eigenvalue weighted by Gasteiger charge is -2.03. The molecule has 1 aromatic carbocycles. The van der Waals surface area contributed by atoms with E-state index in [1.165, 1.54) is 6.07 Å². The fourth-order valence-electron chi connectivity index (χ4n) is 0.972. The summed E-state index contributed by atoms with van der Waals surface area (Å²) in [4.78, 5) is 4.67. The fraction of sp³-hybridized carbons (Fsp3) is 0.333. The molecular formula is C9H12FNO. The maximum absolute atomic E-state index is 12.8. The summed E-state index contributed by atoms with van der Waals surface area (Å²) in [5.74, 6) is -0.170. The number of hydroxylamine groups is 1. The molecule has 0 aromatic heterocycles. The Morgan fingerprint density at radius 1 is 1.50 bits per heavy atom. The Bertz CT molecular complexity index is 263. The summed E-state index contributed by atoms with van der Waals surface area (Å²) in [5, 5.41) is 0. The Kier molecular flexibility index (Phi) is 3.19. The maximum Gasteiger partial charge on any atom is 0.126 e. The quantitative estimate of drug-likeness (QED) is 0.696. The summed E-state index contributed by atoms with van der Waals surface area (Å²) in [6.45, 7) is 2.34. The minimum atomic E-state index is -0.170. The molecule has 0 saturated carbocycles. The Morgan fingerprint density at radius 3 is 2.83 bits per heavy atom. The van der Waals surface area contributed by atoms with Gasteiger partial charge in [-0.05, 0) is 24.1 Å². The predicted octanol–water partition coefficient (Wildman–Crippen LogP) is 1.79. The zero-order chi connectivity index (χ0) is 8.97. The summed E-state index contributed by atoms with van der Waals surface area (Å²) < 4.78 is 12.8. The van der Waals surface area contributed by atoms with Crippen LogP contribution in [0.3, 0.4) is 0 Å². The summed E-state index contributed by atoms with van der Waals surface area (Å²) in [6.07, 6.45) is 0. The Labute approximate surface area is 71.3 Å². The van der Waals surface area contributed by atoms with Crippen molar-refractivity contribution in [3.63, 3.8) is 0 Å². The van der Waals surface area contributed by atoms with Gasteiger partial charge in [0, 0.05) is 6.54 Å². The van der Waals surface area contributed by atoms with Crippen molar-refractivity contribution in [1.29, 1.82) is 0 Å². The number of rotatable bonds is 3. The van der Waals surface area contributed by atoms with Gasteiger partial charge >= 0.3 is 0 Å². The molecule has 66 valence electrons. The first kappa shape index (κ1) is 9.16. The van der Waals surface area contributed by atoms with E-state index in [4.69, 9.17) is 0 Å². The van der Waals surface area contributed by atoms with E-state index in [1.807, 2.05) is 0 Å². The summed E-state index contributed by atoms with van der Waals surface area (Å²) in [5.41, 5.74) is 4.36. The van der Waals surface area contributed by atoms with Gasteiger partial charge in [-0.2, -0.15) is 5.48 Å². The standard InChI is InChI=1S/C9H12FNO/c1-7-5-8(6-11-12-2)3-4-9(7)10/h3-5,11H,6H2,1-2H3. The number of halogens is 1. The SMILES string of the molecule is CONCc1ccc(F)c(C)c1. The van der Waals surface area contributed by atoms with E-state index in [-0.39, 0.29) is 5.82 Å². The average Bonchev–Trinajstić information content (AvgIpc) is 2.07. The van der Waals surface area contributed by atoms with E-state index in [2.05, 4.69) is 10.3 Å². The number of hydrogen-bond acceptors (Lipinski definition) is 2. The van der Waals surface area contributed by atoms with Crippen LogP contribution in [-0.2, 0) is 11.4 Å². The van der Waals surface area contributed by atoms with Crippen LogP contribution in [0.1, 0.15) is 11.1 Å². The van der Waals surface area contributed by atoms with Crippen molar-refractivity contribution in [2.24, 2.45) is 0 Å². The molecule has 0 radical (unpaired) electrons. The molecule has 0 aliphatic heterocycles. The van der Waals surface area contributed by atoms with E-state index in [0.717, 1.165) is 5.56 Å². The highest BCUT2D eigenvalue weighted by molar-refractivity contribution is 5.23. The molecule has 1 rings (SSSR count). The molecule has 0 bridgehead atoms. The van der Waals surface area contributed by atoms with Gasteiger partial charge in [0.2, 0.25) is 0 Å². The third kappa shape index (κ3) is 2.29. The Balaban J connectivity index is 2.69. The van der Waals surface area contributed by atoms with Crippen molar-refractivity contribution < 1.29 is 9.23 Å². The van der Waals surface area contributed by atoms with Crippen LogP contribution in [0.5, 0.6) is 0 Å². The zero-order valence-electron chi connectivity index (χ0n) is 7.23. The van der Waals surface area contributed by atoms with Crippen molar-refractivity contribution >= 4 is 0 Å². The summed E-state index contributed by atoms with van der Waals surface area (Å²) in [7, 11) is 1.55. The number of nitrogens with one attached hydrogen (secondary N) is 1. The monoisotopic (exact) mass is 169 g/mol. The predicted molar refractivity (Wildman–Crippen MR) is 45.0 cm³/mol. The second kappa shape index (κ2) is 4.18. The fourth-order valence-corrected chi connectivity index (χ4v) is 0.972. The van der Waals surface area contributed by atoms with Gasteiger partial charge in [-0.25, -0.2) is 4.39 Å². The van der Waals surface area contributed by atoms with E-state index in [1.54, 1.807) is 26.2 Å². The smallest absolute Gasteiger partial charge is 0.126 e. The lowest BCUT2D eigenvalue weighted by atomic mass is 10.1. The van der Waals surface area contributed by atoms with Crippen LogP contribution in [0.15, 0.2) is 18.2 Å². The minimum Gasteiger partial charge on any atom is -0.305 e. The highest BCUT2D eigenvalue weighted by Crippen LogP contribution is 2.08. The van der Waals surface area contributed by atoms with Crippen molar-refractivity contribution in [2.45, 2.75) is 13.5 Å². The molecule has 1 aromatic rings.